The minimum absolute atomic E-state index is 0. The smallest absolute Gasteiger partial charge is 0.340 e. The zero-order valence-electron chi connectivity index (χ0n) is 13.8. The second-order valence-corrected chi connectivity index (χ2v) is 6.75. The van der Waals surface area contributed by atoms with Crippen LogP contribution in [0.1, 0.15) is 30.6 Å². The quantitative estimate of drug-likeness (QED) is 0.361. The first kappa shape index (κ1) is 19.4. The predicted molar refractivity (Wildman–Crippen MR) is 81.9 cm³/mol. The fourth-order valence-corrected chi connectivity index (χ4v) is 2.48. The SMILES string of the molecule is CC(CC[N+](C)(C)C)OC(=O)C1OCCc2ccccc21.[I-]. The van der Waals surface area contributed by atoms with Gasteiger partial charge >= 0.3 is 5.97 Å². The maximum atomic E-state index is 12.3. The molecular formula is C17H26INO3. The third-order valence-electron chi connectivity index (χ3n) is 3.73. The maximum Gasteiger partial charge on any atom is 0.340 e. The molecule has 0 radical (unpaired) electrons. The number of halogens is 1. The van der Waals surface area contributed by atoms with Crippen molar-refractivity contribution >= 4 is 5.97 Å². The number of esters is 1. The van der Waals surface area contributed by atoms with Crippen LogP contribution in [-0.2, 0) is 20.7 Å². The number of hydrogen-bond acceptors (Lipinski definition) is 3. The van der Waals surface area contributed by atoms with Crippen LogP contribution >= 0.6 is 0 Å². The van der Waals surface area contributed by atoms with Crippen LogP contribution in [0.2, 0.25) is 0 Å². The molecule has 0 spiro atoms. The molecule has 2 unspecified atom stereocenters. The van der Waals surface area contributed by atoms with Gasteiger partial charge in [-0.15, -0.1) is 0 Å². The summed E-state index contributed by atoms with van der Waals surface area (Å²) in [6.07, 6.45) is 1.05. The molecule has 0 aromatic heterocycles. The number of benzene rings is 1. The van der Waals surface area contributed by atoms with Crippen molar-refractivity contribution in [3.63, 3.8) is 0 Å². The van der Waals surface area contributed by atoms with E-state index < -0.39 is 6.10 Å². The molecule has 0 saturated carbocycles. The minimum Gasteiger partial charge on any atom is -1.00 e. The highest BCUT2D eigenvalue weighted by Gasteiger charge is 2.29. The molecule has 4 nitrogen and oxygen atoms in total. The molecule has 5 heteroatoms. The summed E-state index contributed by atoms with van der Waals surface area (Å²) < 4.78 is 12.1. The van der Waals surface area contributed by atoms with Gasteiger partial charge in [-0.2, -0.15) is 0 Å². The fraction of sp³-hybridized carbons (Fsp3) is 0.588. The number of ether oxygens (including phenoxy) is 2. The summed E-state index contributed by atoms with van der Waals surface area (Å²) in [5, 5.41) is 0. The second kappa shape index (κ2) is 8.26. The molecule has 2 atom stereocenters. The Morgan fingerprint density at radius 1 is 1.36 bits per heavy atom. The number of quaternary nitrogens is 1. The Hall–Kier alpha value is -0.660. The van der Waals surface area contributed by atoms with Crippen molar-refractivity contribution in [2.45, 2.75) is 32.0 Å². The largest absolute Gasteiger partial charge is 1.00 e. The van der Waals surface area contributed by atoms with Crippen LogP contribution < -0.4 is 24.0 Å². The van der Waals surface area contributed by atoms with Gasteiger partial charge < -0.3 is 37.9 Å². The molecule has 1 aliphatic rings. The molecule has 124 valence electrons. The van der Waals surface area contributed by atoms with Crippen LogP contribution in [0.3, 0.4) is 0 Å². The molecule has 0 saturated heterocycles. The molecular weight excluding hydrogens is 393 g/mol. The Kier molecular flexibility index (Phi) is 7.28. The molecule has 0 amide bonds. The summed E-state index contributed by atoms with van der Waals surface area (Å²) in [4.78, 5) is 12.3. The summed E-state index contributed by atoms with van der Waals surface area (Å²) in [5.41, 5.74) is 2.14. The van der Waals surface area contributed by atoms with Gasteiger partial charge in [-0.25, -0.2) is 4.79 Å². The molecule has 0 N–H and O–H groups in total. The van der Waals surface area contributed by atoms with E-state index in [4.69, 9.17) is 9.47 Å². The number of rotatable bonds is 5. The lowest BCUT2D eigenvalue weighted by atomic mass is 9.98. The topological polar surface area (TPSA) is 35.5 Å². The van der Waals surface area contributed by atoms with Crippen molar-refractivity contribution < 1.29 is 42.7 Å². The van der Waals surface area contributed by atoms with Crippen LogP contribution in [-0.4, -0.2) is 50.9 Å². The third kappa shape index (κ3) is 5.52. The average Bonchev–Trinajstić information content (AvgIpc) is 2.43. The van der Waals surface area contributed by atoms with Crippen LogP contribution in [0.25, 0.3) is 0 Å². The second-order valence-electron chi connectivity index (χ2n) is 6.75. The molecule has 1 aromatic carbocycles. The number of carbonyl (C=O) groups is 1. The summed E-state index contributed by atoms with van der Waals surface area (Å²) in [7, 11) is 6.40. The van der Waals surface area contributed by atoms with E-state index in [2.05, 4.69) is 27.2 Å². The van der Waals surface area contributed by atoms with Gasteiger partial charge in [0.2, 0.25) is 0 Å². The van der Waals surface area contributed by atoms with Crippen molar-refractivity contribution in [1.29, 1.82) is 0 Å². The van der Waals surface area contributed by atoms with Crippen LogP contribution in [0.4, 0.5) is 0 Å². The van der Waals surface area contributed by atoms with Gasteiger partial charge in [0.05, 0.1) is 34.3 Å². The first-order chi connectivity index (χ1) is 9.87. The van der Waals surface area contributed by atoms with Crippen LogP contribution in [0.15, 0.2) is 24.3 Å². The Labute approximate surface area is 150 Å². The first-order valence-corrected chi connectivity index (χ1v) is 7.57. The Morgan fingerprint density at radius 3 is 2.73 bits per heavy atom. The summed E-state index contributed by atoms with van der Waals surface area (Å²) in [6, 6.07) is 7.94. The monoisotopic (exact) mass is 419 g/mol. The molecule has 0 fully saturated rings. The lowest BCUT2D eigenvalue weighted by molar-refractivity contribution is -0.870. The van der Waals surface area contributed by atoms with E-state index in [1.54, 1.807) is 0 Å². The number of hydrogen-bond donors (Lipinski definition) is 0. The van der Waals surface area contributed by atoms with E-state index in [1.165, 1.54) is 5.56 Å². The zero-order valence-corrected chi connectivity index (χ0v) is 16.0. The lowest BCUT2D eigenvalue weighted by Crippen LogP contribution is -3.00. The van der Waals surface area contributed by atoms with E-state index in [1.807, 2.05) is 25.1 Å². The van der Waals surface area contributed by atoms with E-state index in [0.717, 1.165) is 29.4 Å². The molecule has 0 bridgehead atoms. The number of nitrogens with zero attached hydrogens (tertiary/aromatic N) is 1. The van der Waals surface area contributed by atoms with Gasteiger partial charge in [0.1, 0.15) is 6.10 Å². The molecule has 2 rings (SSSR count). The number of fused-ring (bicyclic) bond motifs is 1. The molecule has 1 heterocycles. The Balaban J connectivity index is 0.00000242. The molecule has 22 heavy (non-hydrogen) atoms. The number of carbonyl (C=O) groups excluding carboxylic acids is 1. The fourth-order valence-electron chi connectivity index (χ4n) is 2.48. The average molecular weight is 419 g/mol. The highest BCUT2D eigenvalue weighted by atomic mass is 127. The van der Waals surface area contributed by atoms with Crippen molar-refractivity contribution in [3.05, 3.63) is 35.4 Å². The first-order valence-electron chi connectivity index (χ1n) is 7.57. The van der Waals surface area contributed by atoms with Gasteiger partial charge in [0.25, 0.3) is 0 Å². The van der Waals surface area contributed by atoms with Gasteiger partial charge in [0.15, 0.2) is 6.10 Å². The van der Waals surface area contributed by atoms with E-state index in [0.29, 0.717) is 6.61 Å². The normalized spacial score (nSPS) is 18.8. The lowest BCUT2D eigenvalue weighted by Gasteiger charge is -2.28. The van der Waals surface area contributed by atoms with Crippen LogP contribution in [0, 0.1) is 0 Å². The maximum absolute atomic E-state index is 12.3. The highest BCUT2D eigenvalue weighted by Crippen LogP contribution is 2.28. The zero-order chi connectivity index (χ0) is 15.5. The standard InChI is InChI=1S/C17H26NO3.HI/c1-13(9-11-18(2,3)4)21-17(19)16-15-8-6-5-7-14(15)10-12-20-16;/h5-8,13,16H,9-12H2,1-4H3;1H/q+1;/p-1. The predicted octanol–water partition coefficient (Wildman–Crippen LogP) is -0.668. The summed E-state index contributed by atoms with van der Waals surface area (Å²) in [5.74, 6) is -0.268. The molecule has 1 aliphatic heterocycles. The van der Waals surface area contributed by atoms with Crippen molar-refractivity contribution in [3.8, 4) is 0 Å². The van der Waals surface area contributed by atoms with E-state index in [9.17, 15) is 4.79 Å². The molecule has 0 aliphatic carbocycles. The summed E-state index contributed by atoms with van der Waals surface area (Å²) in [6.45, 7) is 3.49. The third-order valence-corrected chi connectivity index (χ3v) is 3.73. The highest BCUT2D eigenvalue weighted by molar-refractivity contribution is 5.77. The minimum atomic E-state index is -0.568. The summed E-state index contributed by atoms with van der Waals surface area (Å²) >= 11 is 0. The van der Waals surface area contributed by atoms with E-state index in [-0.39, 0.29) is 36.0 Å². The molecule has 1 aromatic rings. The van der Waals surface area contributed by atoms with Crippen molar-refractivity contribution in [1.82, 2.24) is 0 Å². The van der Waals surface area contributed by atoms with E-state index >= 15 is 0 Å². The van der Waals surface area contributed by atoms with Gasteiger partial charge in [0, 0.05) is 6.42 Å². The Bertz CT molecular complexity index is 499. The van der Waals surface area contributed by atoms with Gasteiger partial charge in [-0.05, 0) is 24.5 Å². The van der Waals surface area contributed by atoms with Gasteiger partial charge in [-0.1, -0.05) is 24.3 Å². The van der Waals surface area contributed by atoms with Crippen molar-refractivity contribution in [2.75, 3.05) is 34.3 Å². The van der Waals surface area contributed by atoms with Crippen LogP contribution in [0.5, 0.6) is 0 Å². The Morgan fingerprint density at radius 2 is 2.05 bits per heavy atom. The van der Waals surface area contributed by atoms with Gasteiger partial charge in [-0.3, -0.25) is 0 Å². The van der Waals surface area contributed by atoms with Crippen molar-refractivity contribution in [2.24, 2.45) is 0 Å².